The molecule has 100 valence electrons. The molecular formula is C12H17FN2O2S. The Morgan fingerprint density at radius 3 is 2.39 bits per heavy atom. The van der Waals surface area contributed by atoms with Crippen molar-refractivity contribution in [1.29, 1.82) is 0 Å². The minimum Gasteiger partial charge on any atom is -0.304 e. The lowest BCUT2D eigenvalue weighted by atomic mass is 10.2. The zero-order valence-electron chi connectivity index (χ0n) is 10.6. The topological polar surface area (TPSA) is 40.6 Å². The van der Waals surface area contributed by atoms with Crippen molar-refractivity contribution in [2.75, 3.05) is 33.2 Å². The number of hydrogen-bond acceptors (Lipinski definition) is 3. The second-order valence-electron chi connectivity index (χ2n) is 4.62. The molecule has 0 aromatic heterocycles. The van der Waals surface area contributed by atoms with Crippen molar-refractivity contribution in [1.82, 2.24) is 9.21 Å². The van der Waals surface area contributed by atoms with E-state index >= 15 is 0 Å². The van der Waals surface area contributed by atoms with Crippen LogP contribution in [-0.4, -0.2) is 50.8 Å². The zero-order chi connectivity index (χ0) is 13.3. The SMILES string of the molecule is Cc1ccc(F)cc1S(=O)(=O)N1CCN(C)CC1. The Morgan fingerprint density at radius 2 is 1.78 bits per heavy atom. The Labute approximate surface area is 107 Å². The summed E-state index contributed by atoms with van der Waals surface area (Å²) in [6, 6.07) is 3.87. The largest absolute Gasteiger partial charge is 0.304 e. The smallest absolute Gasteiger partial charge is 0.243 e. The number of hydrogen-bond donors (Lipinski definition) is 0. The summed E-state index contributed by atoms with van der Waals surface area (Å²) in [5.41, 5.74) is 0.579. The molecular weight excluding hydrogens is 255 g/mol. The van der Waals surface area contributed by atoms with E-state index in [0.29, 0.717) is 31.7 Å². The van der Waals surface area contributed by atoms with E-state index in [9.17, 15) is 12.8 Å². The van der Waals surface area contributed by atoms with E-state index < -0.39 is 15.8 Å². The van der Waals surface area contributed by atoms with Crippen molar-refractivity contribution in [2.45, 2.75) is 11.8 Å². The number of rotatable bonds is 2. The van der Waals surface area contributed by atoms with Crippen LogP contribution in [0.25, 0.3) is 0 Å². The molecule has 0 amide bonds. The molecule has 4 nitrogen and oxygen atoms in total. The molecule has 1 aromatic rings. The number of likely N-dealkylation sites (N-methyl/N-ethyl adjacent to an activating group) is 1. The fourth-order valence-corrected chi connectivity index (χ4v) is 3.68. The number of piperazine rings is 1. The molecule has 6 heteroatoms. The summed E-state index contributed by atoms with van der Waals surface area (Å²) < 4.78 is 39.5. The van der Waals surface area contributed by atoms with Gasteiger partial charge in [0.15, 0.2) is 0 Å². The van der Waals surface area contributed by atoms with Crippen LogP contribution >= 0.6 is 0 Å². The van der Waals surface area contributed by atoms with E-state index in [2.05, 4.69) is 4.90 Å². The summed E-state index contributed by atoms with van der Waals surface area (Å²) in [6.07, 6.45) is 0. The Balaban J connectivity index is 2.33. The van der Waals surface area contributed by atoms with Crippen molar-refractivity contribution in [3.05, 3.63) is 29.6 Å². The average Bonchev–Trinajstić information content (AvgIpc) is 2.32. The van der Waals surface area contributed by atoms with Gasteiger partial charge in [0.05, 0.1) is 4.90 Å². The Morgan fingerprint density at radius 1 is 1.17 bits per heavy atom. The molecule has 1 aliphatic rings. The highest BCUT2D eigenvalue weighted by molar-refractivity contribution is 7.89. The lowest BCUT2D eigenvalue weighted by molar-refractivity contribution is 0.222. The van der Waals surface area contributed by atoms with Gasteiger partial charge in [-0.05, 0) is 31.7 Å². The first kappa shape index (κ1) is 13.5. The summed E-state index contributed by atoms with van der Waals surface area (Å²) in [7, 11) is -1.62. The Kier molecular flexibility index (Phi) is 3.70. The number of benzene rings is 1. The molecule has 0 unspecified atom stereocenters. The monoisotopic (exact) mass is 272 g/mol. The second kappa shape index (κ2) is 4.95. The van der Waals surface area contributed by atoms with Crippen LogP contribution in [0.1, 0.15) is 5.56 Å². The molecule has 0 N–H and O–H groups in total. The van der Waals surface area contributed by atoms with Crippen LogP contribution in [-0.2, 0) is 10.0 Å². The van der Waals surface area contributed by atoms with E-state index in [1.54, 1.807) is 6.92 Å². The third kappa shape index (κ3) is 2.55. The number of sulfonamides is 1. The average molecular weight is 272 g/mol. The molecule has 1 aliphatic heterocycles. The minimum absolute atomic E-state index is 0.0760. The normalized spacial score (nSPS) is 19.1. The highest BCUT2D eigenvalue weighted by Gasteiger charge is 2.28. The number of nitrogens with zero attached hydrogens (tertiary/aromatic N) is 2. The van der Waals surface area contributed by atoms with Gasteiger partial charge >= 0.3 is 0 Å². The van der Waals surface area contributed by atoms with Gasteiger partial charge in [0.25, 0.3) is 0 Å². The van der Waals surface area contributed by atoms with Crippen LogP contribution < -0.4 is 0 Å². The maximum atomic E-state index is 13.2. The van der Waals surface area contributed by atoms with Crippen molar-refractivity contribution in [2.24, 2.45) is 0 Å². The summed E-state index contributed by atoms with van der Waals surface area (Å²) in [5, 5.41) is 0. The van der Waals surface area contributed by atoms with Gasteiger partial charge in [0.1, 0.15) is 5.82 Å². The first-order chi connectivity index (χ1) is 8.41. The molecule has 1 aromatic carbocycles. The van der Waals surface area contributed by atoms with Gasteiger partial charge in [0.2, 0.25) is 10.0 Å². The number of aryl methyl sites for hydroxylation is 1. The maximum Gasteiger partial charge on any atom is 0.243 e. The van der Waals surface area contributed by atoms with Gasteiger partial charge < -0.3 is 4.90 Å². The molecule has 1 heterocycles. The lowest BCUT2D eigenvalue weighted by Crippen LogP contribution is -2.47. The van der Waals surface area contributed by atoms with E-state index in [-0.39, 0.29) is 4.90 Å². The van der Waals surface area contributed by atoms with Gasteiger partial charge in [-0.2, -0.15) is 4.31 Å². The standard InChI is InChI=1S/C12H17FN2O2S/c1-10-3-4-11(13)9-12(10)18(16,17)15-7-5-14(2)6-8-15/h3-4,9H,5-8H2,1-2H3. The van der Waals surface area contributed by atoms with Crippen LogP contribution in [0.4, 0.5) is 4.39 Å². The first-order valence-electron chi connectivity index (χ1n) is 5.86. The van der Waals surface area contributed by atoms with Crippen LogP contribution in [0.3, 0.4) is 0 Å². The van der Waals surface area contributed by atoms with E-state index in [0.717, 1.165) is 6.07 Å². The molecule has 0 saturated carbocycles. The molecule has 1 fully saturated rings. The summed E-state index contributed by atoms with van der Waals surface area (Å²) in [5.74, 6) is -0.520. The first-order valence-corrected chi connectivity index (χ1v) is 7.30. The molecule has 2 rings (SSSR count). The maximum absolute atomic E-state index is 13.2. The van der Waals surface area contributed by atoms with Crippen LogP contribution in [0, 0.1) is 12.7 Å². The van der Waals surface area contributed by atoms with Gasteiger partial charge in [0, 0.05) is 26.2 Å². The van der Waals surface area contributed by atoms with E-state index in [4.69, 9.17) is 0 Å². The third-order valence-electron chi connectivity index (χ3n) is 3.23. The van der Waals surface area contributed by atoms with Crippen LogP contribution in [0.2, 0.25) is 0 Å². The highest BCUT2D eigenvalue weighted by atomic mass is 32.2. The van der Waals surface area contributed by atoms with Crippen molar-refractivity contribution >= 4 is 10.0 Å². The van der Waals surface area contributed by atoms with Crippen LogP contribution in [0.15, 0.2) is 23.1 Å². The minimum atomic E-state index is -3.57. The van der Waals surface area contributed by atoms with Crippen molar-refractivity contribution in [3.8, 4) is 0 Å². The van der Waals surface area contributed by atoms with Gasteiger partial charge in [-0.15, -0.1) is 0 Å². The molecule has 18 heavy (non-hydrogen) atoms. The summed E-state index contributed by atoms with van der Waals surface area (Å²) in [6.45, 7) is 3.99. The molecule has 0 bridgehead atoms. The van der Waals surface area contributed by atoms with E-state index in [1.807, 2.05) is 7.05 Å². The van der Waals surface area contributed by atoms with Gasteiger partial charge in [-0.1, -0.05) is 6.07 Å². The molecule has 0 radical (unpaired) electrons. The quantitative estimate of drug-likeness (QED) is 0.808. The van der Waals surface area contributed by atoms with Gasteiger partial charge in [-0.25, -0.2) is 12.8 Å². The second-order valence-corrected chi connectivity index (χ2v) is 6.52. The van der Waals surface area contributed by atoms with Crippen molar-refractivity contribution < 1.29 is 12.8 Å². The Hall–Kier alpha value is -0.980. The van der Waals surface area contributed by atoms with E-state index in [1.165, 1.54) is 16.4 Å². The van der Waals surface area contributed by atoms with Gasteiger partial charge in [-0.3, -0.25) is 0 Å². The number of halogens is 1. The fraction of sp³-hybridized carbons (Fsp3) is 0.500. The third-order valence-corrected chi connectivity index (χ3v) is 5.27. The molecule has 0 atom stereocenters. The molecule has 0 spiro atoms. The zero-order valence-corrected chi connectivity index (χ0v) is 11.4. The predicted octanol–water partition coefficient (Wildman–Crippen LogP) is 1.07. The predicted molar refractivity (Wildman–Crippen MR) is 67.4 cm³/mol. The fourth-order valence-electron chi connectivity index (χ4n) is 2.02. The highest BCUT2D eigenvalue weighted by Crippen LogP contribution is 2.21. The molecule has 0 aliphatic carbocycles. The van der Waals surface area contributed by atoms with Crippen molar-refractivity contribution in [3.63, 3.8) is 0 Å². The summed E-state index contributed by atoms with van der Waals surface area (Å²) in [4.78, 5) is 2.15. The lowest BCUT2D eigenvalue weighted by Gasteiger charge is -2.31. The Bertz CT molecular complexity index is 537. The molecule has 1 saturated heterocycles. The van der Waals surface area contributed by atoms with Crippen LogP contribution in [0.5, 0.6) is 0 Å². The summed E-state index contributed by atoms with van der Waals surface area (Å²) >= 11 is 0.